The fourth-order valence-electron chi connectivity index (χ4n) is 1.80. The number of nitrogens with zero attached hydrogens (tertiary/aromatic N) is 1. The number of benzene rings is 1. The summed E-state index contributed by atoms with van der Waals surface area (Å²) in [7, 11) is 0. The third-order valence-corrected chi connectivity index (χ3v) is 3.07. The van der Waals surface area contributed by atoms with Gasteiger partial charge in [0.25, 0.3) is 0 Å². The number of likely N-dealkylation sites (N-methyl/N-ethyl adjacent to an activating group) is 1. The molecule has 1 aromatic rings. The maximum Gasteiger partial charge on any atom is 0.0656 e. The molecule has 0 amide bonds. The Morgan fingerprint density at radius 1 is 1.35 bits per heavy atom. The van der Waals surface area contributed by atoms with Gasteiger partial charge in [0.2, 0.25) is 0 Å². The number of nitrogen functional groups attached to an aromatic ring is 1. The molecule has 0 atom stereocenters. The Morgan fingerprint density at radius 3 is 2.65 bits per heavy atom. The molecule has 0 aliphatic carbocycles. The molecule has 3 nitrogen and oxygen atoms in total. The second-order valence-corrected chi connectivity index (χ2v) is 4.34. The van der Waals surface area contributed by atoms with Crippen LogP contribution in [-0.2, 0) is 4.74 Å². The van der Waals surface area contributed by atoms with Gasteiger partial charge in [0.1, 0.15) is 0 Å². The van der Waals surface area contributed by atoms with E-state index in [-0.39, 0.29) is 0 Å². The van der Waals surface area contributed by atoms with Crippen LogP contribution in [0.3, 0.4) is 0 Å². The molecule has 0 saturated carbocycles. The summed E-state index contributed by atoms with van der Waals surface area (Å²) in [5, 5.41) is 0.612. The van der Waals surface area contributed by atoms with Crippen LogP contribution >= 0.6 is 11.6 Å². The van der Waals surface area contributed by atoms with Crippen molar-refractivity contribution < 1.29 is 4.74 Å². The lowest BCUT2D eigenvalue weighted by Gasteiger charge is -2.25. The van der Waals surface area contributed by atoms with Crippen molar-refractivity contribution >= 4 is 23.0 Å². The van der Waals surface area contributed by atoms with E-state index >= 15 is 0 Å². The normalized spacial score (nSPS) is 10.6. The van der Waals surface area contributed by atoms with Crippen LogP contribution in [-0.4, -0.2) is 26.3 Å². The van der Waals surface area contributed by atoms with Gasteiger partial charge in [-0.25, -0.2) is 0 Å². The van der Waals surface area contributed by atoms with E-state index in [1.807, 2.05) is 26.0 Å². The molecular formula is C13H21ClN2O. The monoisotopic (exact) mass is 256 g/mol. The molecule has 1 aromatic carbocycles. The topological polar surface area (TPSA) is 38.5 Å². The van der Waals surface area contributed by atoms with Crippen molar-refractivity contribution in [3.05, 3.63) is 22.7 Å². The standard InChI is InChI=1S/C13H21ClN2O/c1-4-16(6-7-17-5-2)13-9-11(14)12(15)8-10(13)3/h8-9H,4-7,15H2,1-3H3. The van der Waals surface area contributed by atoms with Crippen molar-refractivity contribution in [2.45, 2.75) is 20.8 Å². The van der Waals surface area contributed by atoms with Crippen molar-refractivity contribution in [2.24, 2.45) is 0 Å². The first kappa shape index (κ1) is 14.1. The average molecular weight is 257 g/mol. The summed E-state index contributed by atoms with van der Waals surface area (Å²) < 4.78 is 5.38. The molecule has 4 heteroatoms. The van der Waals surface area contributed by atoms with Crippen molar-refractivity contribution in [3.8, 4) is 0 Å². The Bertz CT molecular complexity index is 369. The molecule has 0 bridgehead atoms. The number of anilines is 2. The molecule has 1 rings (SSSR count). The number of hydrogen-bond acceptors (Lipinski definition) is 3. The second-order valence-electron chi connectivity index (χ2n) is 3.94. The third-order valence-electron chi connectivity index (χ3n) is 2.75. The molecule has 0 aliphatic rings. The highest BCUT2D eigenvalue weighted by molar-refractivity contribution is 6.33. The van der Waals surface area contributed by atoms with Crippen LogP contribution in [0.4, 0.5) is 11.4 Å². The van der Waals surface area contributed by atoms with E-state index in [1.165, 1.54) is 0 Å². The largest absolute Gasteiger partial charge is 0.398 e. The Balaban J connectivity index is 2.84. The molecule has 0 aliphatic heterocycles. The quantitative estimate of drug-likeness (QED) is 0.628. The minimum atomic E-state index is 0.612. The summed E-state index contributed by atoms with van der Waals surface area (Å²) in [5.74, 6) is 0. The highest BCUT2D eigenvalue weighted by Gasteiger charge is 2.09. The molecule has 0 saturated heterocycles. The number of rotatable bonds is 6. The molecule has 0 aromatic heterocycles. The van der Waals surface area contributed by atoms with Gasteiger partial charge in [0.05, 0.1) is 17.3 Å². The van der Waals surface area contributed by atoms with E-state index in [4.69, 9.17) is 22.1 Å². The highest BCUT2D eigenvalue weighted by atomic mass is 35.5. The SMILES string of the molecule is CCOCCN(CC)c1cc(Cl)c(N)cc1C. The lowest BCUT2D eigenvalue weighted by atomic mass is 10.1. The van der Waals surface area contributed by atoms with Crippen LogP contribution in [0.5, 0.6) is 0 Å². The van der Waals surface area contributed by atoms with E-state index in [2.05, 4.69) is 11.8 Å². The zero-order valence-corrected chi connectivity index (χ0v) is 11.5. The zero-order valence-electron chi connectivity index (χ0n) is 10.8. The predicted molar refractivity (Wildman–Crippen MR) is 75.0 cm³/mol. The van der Waals surface area contributed by atoms with Gasteiger partial charge in [-0.3, -0.25) is 0 Å². The summed E-state index contributed by atoms with van der Waals surface area (Å²) in [6.07, 6.45) is 0. The Morgan fingerprint density at radius 2 is 2.06 bits per heavy atom. The van der Waals surface area contributed by atoms with Gasteiger partial charge in [-0.1, -0.05) is 11.6 Å². The van der Waals surface area contributed by atoms with Crippen molar-refractivity contribution in [2.75, 3.05) is 36.9 Å². The van der Waals surface area contributed by atoms with Gasteiger partial charge >= 0.3 is 0 Å². The first-order chi connectivity index (χ1) is 8.10. The minimum Gasteiger partial charge on any atom is -0.398 e. The fourth-order valence-corrected chi connectivity index (χ4v) is 1.96. The van der Waals surface area contributed by atoms with Crippen molar-refractivity contribution in [3.63, 3.8) is 0 Å². The van der Waals surface area contributed by atoms with Crippen molar-refractivity contribution in [1.82, 2.24) is 0 Å². The molecule has 96 valence electrons. The smallest absolute Gasteiger partial charge is 0.0656 e. The van der Waals surface area contributed by atoms with E-state index in [9.17, 15) is 0 Å². The zero-order chi connectivity index (χ0) is 12.8. The second kappa shape index (κ2) is 6.72. The predicted octanol–water partition coefficient (Wildman–Crippen LogP) is 3.09. The molecule has 17 heavy (non-hydrogen) atoms. The maximum atomic E-state index is 6.07. The third kappa shape index (κ3) is 3.79. The Labute approximate surface area is 109 Å². The molecule has 0 spiro atoms. The minimum absolute atomic E-state index is 0.612. The lowest BCUT2D eigenvalue weighted by Crippen LogP contribution is -2.27. The molecule has 0 unspecified atom stereocenters. The van der Waals surface area contributed by atoms with Crippen molar-refractivity contribution in [1.29, 1.82) is 0 Å². The van der Waals surface area contributed by atoms with Crippen LogP contribution in [0.15, 0.2) is 12.1 Å². The lowest BCUT2D eigenvalue weighted by molar-refractivity contribution is 0.154. The highest BCUT2D eigenvalue weighted by Crippen LogP contribution is 2.29. The molecule has 0 radical (unpaired) electrons. The van der Waals surface area contributed by atoms with E-state index in [0.29, 0.717) is 10.7 Å². The van der Waals surface area contributed by atoms with Gasteiger partial charge in [0, 0.05) is 25.4 Å². The summed E-state index contributed by atoms with van der Waals surface area (Å²) in [4.78, 5) is 2.25. The molecule has 0 heterocycles. The van der Waals surface area contributed by atoms with Crippen LogP contribution in [0, 0.1) is 6.92 Å². The first-order valence-electron chi connectivity index (χ1n) is 5.98. The first-order valence-corrected chi connectivity index (χ1v) is 6.36. The number of hydrogen-bond donors (Lipinski definition) is 1. The maximum absolute atomic E-state index is 6.07. The number of halogens is 1. The molecule has 2 N–H and O–H groups in total. The van der Waals surface area contributed by atoms with E-state index in [1.54, 1.807) is 0 Å². The van der Waals surface area contributed by atoms with Gasteiger partial charge in [0.15, 0.2) is 0 Å². The van der Waals surface area contributed by atoms with Crippen LogP contribution in [0.1, 0.15) is 19.4 Å². The summed E-state index contributed by atoms with van der Waals surface area (Å²) in [6, 6.07) is 3.85. The Hall–Kier alpha value is -0.930. The van der Waals surface area contributed by atoms with Gasteiger partial charge < -0.3 is 15.4 Å². The fraction of sp³-hybridized carbons (Fsp3) is 0.538. The van der Waals surface area contributed by atoms with Gasteiger partial charge in [-0.15, -0.1) is 0 Å². The van der Waals surface area contributed by atoms with E-state index < -0.39 is 0 Å². The molecular weight excluding hydrogens is 236 g/mol. The molecule has 0 fully saturated rings. The summed E-state index contributed by atoms with van der Waals surface area (Å²) in [5.41, 5.74) is 8.69. The summed E-state index contributed by atoms with van der Waals surface area (Å²) in [6.45, 7) is 9.44. The van der Waals surface area contributed by atoms with Crippen LogP contribution in [0.25, 0.3) is 0 Å². The van der Waals surface area contributed by atoms with E-state index in [0.717, 1.165) is 37.6 Å². The van der Waals surface area contributed by atoms with Gasteiger partial charge in [-0.2, -0.15) is 0 Å². The number of nitrogens with two attached hydrogens (primary N) is 1. The summed E-state index contributed by atoms with van der Waals surface area (Å²) >= 11 is 6.07. The van der Waals surface area contributed by atoms with Gasteiger partial charge in [-0.05, 0) is 38.5 Å². The Kier molecular flexibility index (Phi) is 5.59. The number of ether oxygens (including phenoxy) is 1. The van der Waals surface area contributed by atoms with Crippen LogP contribution in [0.2, 0.25) is 5.02 Å². The number of aryl methyl sites for hydroxylation is 1. The average Bonchev–Trinajstić information content (AvgIpc) is 2.30. The van der Waals surface area contributed by atoms with Crippen LogP contribution < -0.4 is 10.6 Å².